The number of para-hydroxylation sites is 2. The van der Waals surface area contributed by atoms with Crippen molar-refractivity contribution < 1.29 is 24.5 Å². The van der Waals surface area contributed by atoms with Crippen molar-refractivity contribution in [1.82, 2.24) is 19.5 Å². The van der Waals surface area contributed by atoms with Crippen LogP contribution in [0.2, 0.25) is 17.3 Å². The molecule has 0 aliphatic rings. The summed E-state index contributed by atoms with van der Waals surface area (Å²) < 4.78 is 9.94. The Kier molecular flexibility index (Phi) is 10.5. The summed E-state index contributed by atoms with van der Waals surface area (Å²) in [5.41, 5.74) is 9.00. The van der Waals surface area contributed by atoms with Gasteiger partial charge in [-0.1, -0.05) is 23.1 Å². The Bertz CT molecular complexity index is 2140. The molecular weight excluding hydrogens is 817 g/mol. The van der Waals surface area contributed by atoms with Crippen LogP contribution >= 0.6 is 0 Å². The Hall–Kier alpha value is -3.58. The summed E-state index contributed by atoms with van der Waals surface area (Å²) in [6, 6.07) is 33.5. The Morgan fingerprint density at radius 2 is 1.62 bits per heavy atom. The summed E-state index contributed by atoms with van der Waals surface area (Å²) in [5, 5.41) is 2.07. The number of nitrogens with zero attached hydrogens (tertiary/aromatic N) is 4. The third kappa shape index (κ3) is 7.30. The van der Waals surface area contributed by atoms with Gasteiger partial charge in [-0.15, -0.1) is 18.2 Å². The van der Waals surface area contributed by atoms with Gasteiger partial charge in [0.05, 0.1) is 22.4 Å². The predicted octanol–water partition coefficient (Wildman–Crippen LogP) is 9.98. The standard InChI is InChI=1S/C22H18N3O.C18H24GeN.Ir/c1-13(2)25-19-10-5-4-9-18(19)24-21(25)17-8-6-7-15-16-12-11-14(3)23-22(16)26-20(15)17;1-14(2)11-16-12-18(15-9-7-6-8-10-15)20-13-17(16)19(3,4)5;/h4-7,9-13H,1-3H3;6-9,12-14H,11H2,1-5H3;/q2*-1;. The van der Waals surface area contributed by atoms with Crippen molar-refractivity contribution in [2.24, 2.45) is 5.92 Å². The normalized spacial score (nSPS) is 11.7. The summed E-state index contributed by atoms with van der Waals surface area (Å²) in [5.74, 6) is 8.87. The van der Waals surface area contributed by atoms with E-state index in [1.165, 1.54) is 5.56 Å². The number of aryl methyl sites for hydroxylation is 1. The number of rotatable bonds is 6. The predicted molar refractivity (Wildman–Crippen MR) is 194 cm³/mol. The minimum Gasteiger partial charge on any atom is -0.486 e. The molecule has 4 heterocycles. The van der Waals surface area contributed by atoms with Gasteiger partial charge in [-0.05, 0) is 45.0 Å². The van der Waals surface area contributed by atoms with Crippen molar-refractivity contribution in [3.05, 3.63) is 108 Å². The van der Waals surface area contributed by atoms with E-state index in [4.69, 9.17) is 14.4 Å². The van der Waals surface area contributed by atoms with Gasteiger partial charge in [0.15, 0.2) is 0 Å². The Morgan fingerprint density at radius 1 is 0.851 bits per heavy atom. The molecule has 7 rings (SSSR count). The molecule has 0 atom stereocenters. The number of hydrogen-bond donors (Lipinski definition) is 0. The minimum atomic E-state index is -1.86. The van der Waals surface area contributed by atoms with E-state index in [9.17, 15) is 0 Å². The molecule has 47 heavy (non-hydrogen) atoms. The third-order valence-corrected chi connectivity index (χ3v) is 12.5. The molecule has 7 heteroatoms. The number of benzene rings is 3. The molecule has 0 fully saturated rings. The number of hydrogen-bond acceptors (Lipinski definition) is 4. The zero-order valence-corrected chi connectivity index (χ0v) is 33.0. The van der Waals surface area contributed by atoms with Gasteiger partial charge >= 0.3 is 126 Å². The van der Waals surface area contributed by atoms with Crippen LogP contribution in [-0.4, -0.2) is 32.8 Å². The van der Waals surface area contributed by atoms with E-state index < -0.39 is 13.3 Å². The van der Waals surface area contributed by atoms with Gasteiger partial charge in [0.1, 0.15) is 0 Å². The average molecular weight is 860 g/mol. The fourth-order valence-corrected chi connectivity index (χ4v) is 9.44. The second kappa shape index (κ2) is 14.3. The van der Waals surface area contributed by atoms with Crippen molar-refractivity contribution in [2.45, 2.75) is 64.4 Å². The van der Waals surface area contributed by atoms with Crippen LogP contribution in [0.4, 0.5) is 0 Å². The molecule has 0 aliphatic carbocycles. The molecule has 0 saturated carbocycles. The van der Waals surface area contributed by atoms with Crippen molar-refractivity contribution >= 4 is 50.8 Å². The van der Waals surface area contributed by atoms with Crippen LogP contribution in [0.5, 0.6) is 0 Å². The monoisotopic (exact) mass is 861 g/mol. The average Bonchev–Trinajstić information content (AvgIpc) is 3.59. The second-order valence-corrected chi connectivity index (χ2v) is 24.3. The molecule has 0 bridgehead atoms. The molecule has 7 aromatic rings. The number of pyridine rings is 2. The van der Waals surface area contributed by atoms with Gasteiger partial charge < -0.3 is 8.98 Å². The number of furan rings is 1. The van der Waals surface area contributed by atoms with Crippen molar-refractivity contribution in [1.29, 1.82) is 0 Å². The summed E-state index contributed by atoms with van der Waals surface area (Å²) in [6.45, 7) is 10.9. The first-order chi connectivity index (χ1) is 22.0. The molecule has 5 nitrogen and oxygen atoms in total. The van der Waals surface area contributed by atoms with Gasteiger partial charge in [0.2, 0.25) is 5.71 Å². The van der Waals surface area contributed by atoms with Crippen LogP contribution in [0.3, 0.4) is 0 Å². The second-order valence-electron chi connectivity index (χ2n) is 13.7. The molecular formula is C40H42GeIrN4O-2. The first kappa shape index (κ1) is 34.7. The Balaban J connectivity index is 0.000000188. The quantitative estimate of drug-likeness (QED) is 0.124. The van der Waals surface area contributed by atoms with Gasteiger partial charge in [-0.3, -0.25) is 4.98 Å². The maximum Gasteiger partial charge on any atom is 0.216 e. The Labute approximate surface area is 294 Å². The smallest absolute Gasteiger partial charge is 0.216 e. The number of fused-ring (bicyclic) bond motifs is 4. The fraction of sp³-hybridized carbons (Fsp3) is 0.275. The van der Waals surface area contributed by atoms with Gasteiger partial charge in [0.25, 0.3) is 0 Å². The van der Waals surface area contributed by atoms with Crippen LogP contribution < -0.4 is 4.40 Å². The maximum absolute atomic E-state index is 6.15. The molecule has 0 saturated heterocycles. The van der Waals surface area contributed by atoms with E-state index in [-0.39, 0.29) is 26.1 Å². The first-order valence-electron chi connectivity index (χ1n) is 16.2. The molecule has 0 aliphatic heterocycles. The molecule has 0 N–H and O–H groups in total. The van der Waals surface area contributed by atoms with Crippen molar-refractivity contribution in [3.63, 3.8) is 0 Å². The molecule has 3 aromatic carbocycles. The molecule has 0 amide bonds. The molecule has 1 radical (unpaired) electrons. The van der Waals surface area contributed by atoms with Crippen LogP contribution in [0.15, 0.2) is 89.5 Å². The van der Waals surface area contributed by atoms with E-state index >= 15 is 0 Å². The number of aromatic nitrogens is 4. The number of imidazole rings is 1. The van der Waals surface area contributed by atoms with Crippen LogP contribution in [-0.2, 0) is 26.5 Å². The summed E-state index contributed by atoms with van der Waals surface area (Å²) in [6.07, 6.45) is 3.27. The minimum absolute atomic E-state index is 0. The topological polar surface area (TPSA) is 56.7 Å². The van der Waals surface area contributed by atoms with E-state index in [1.807, 2.05) is 61.5 Å². The van der Waals surface area contributed by atoms with E-state index in [0.717, 1.165) is 62.1 Å². The first-order valence-corrected chi connectivity index (χ1v) is 23.5. The third-order valence-electron chi connectivity index (χ3n) is 8.18. The molecule has 0 unspecified atom stereocenters. The largest absolute Gasteiger partial charge is 0.486 e. The molecule has 0 spiro atoms. The van der Waals surface area contributed by atoms with Gasteiger partial charge in [-0.2, -0.15) is 0 Å². The summed E-state index contributed by atoms with van der Waals surface area (Å²) >= 11 is -1.86. The van der Waals surface area contributed by atoms with Crippen LogP contribution in [0.25, 0.3) is 55.7 Å². The fourth-order valence-electron chi connectivity index (χ4n) is 6.11. The van der Waals surface area contributed by atoms with Gasteiger partial charge in [-0.25, -0.2) is 4.98 Å². The SMILES string of the molecule is CC(C)Cc1cc(-c2[c-]cccc2)nc[c]1[Ge]([CH3])([CH3])[CH3].Cc1ccc2c(n1)oc1c(-c3nc4ccccc4n3C(C)C)[c-]ccc12.[Ir]. The summed E-state index contributed by atoms with van der Waals surface area (Å²) in [4.78, 5) is 14.1. The zero-order valence-electron chi connectivity index (χ0n) is 28.5. The van der Waals surface area contributed by atoms with E-state index in [2.05, 4.69) is 97.1 Å². The zero-order chi connectivity index (χ0) is 32.6. The van der Waals surface area contributed by atoms with Gasteiger partial charge in [0, 0.05) is 37.2 Å². The van der Waals surface area contributed by atoms with E-state index in [1.54, 1.807) is 4.40 Å². The van der Waals surface area contributed by atoms with E-state index in [0.29, 0.717) is 11.6 Å². The van der Waals surface area contributed by atoms with Crippen LogP contribution in [0.1, 0.15) is 45.0 Å². The molecule has 4 aromatic heterocycles. The summed E-state index contributed by atoms with van der Waals surface area (Å²) in [7, 11) is 0. The molecule has 243 valence electrons. The maximum atomic E-state index is 6.15. The van der Waals surface area contributed by atoms with Crippen molar-refractivity contribution in [3.8, 4) is 22.6 Å². The Morgan fingerprint density at radius 3 is 2.32 bits per heavy atom. The van der Waals surface area contributed by atoms with Crippen molar-refractivity contribution in [2.75, 3.05) is 0 Å². The van der Waals surface area contributed by atoms with Crippen LogP contribution in [0, 0.1) is 25.0 Å².